The average Bonchev–Trinajstić information content (AvgIpc) is 2.16. The van der Waals surface area contributed by atoms with Crippen molar-refractivity contribution >= 4 is 12.1 Å². The number of piperazine rings is 1. The van der Waals surface area contributed by atoms with Crippen LogP contribution in [0.2, 0.25) is 0 Å². The Morgan fingerprint density at radius 1 is 1.57 bits per heavy atom. The third-order valence-corrected chi connectivity index (χ3v) is 2.37. The van der Waals surface area contributed by atoms with Gasteiger partial charge in [-0.15, -0.1) is 0 Å². The molecule has 0 aromatic carbocycles. The van der Waals surface area contributed by atoms with Gasteiger partial charge in [0.15, 0.2) is 0 Å². The molecule has 0 bridgehead atoms. The van der Waals surface area contributed by atoms with E-state index in [0.717, 1.165) is 0 Å². The Morgan fingerprint density at radius 2 is 2.21 bits per heavy atom. The molecule has 14 heavy (non-hydrogen) atoms. The van der Waals surface area contributed by atoms with Crippen molar-refractivity contribution in [3.8, 4) is 0 Å². The summed E-state index contributed by atoms with van der Waals surface area (Å²) in [5.74, 6) is -0.953. The van der Waals surface area contributed by atoms with Crippen LogP contribution in [-0.4, -0.2) is 54.4 Å². The van der Waals surface area contributed by atoms with Crippen LogP contribution in [0.3, 0.4) is 0 Å². The normalized spacial score (nSPS) is 27.1. The van der Waals surface area contributed by atoms with Gasteiger partial charge in [-0.1, -0.05) is 0 Å². The fourth-order valence-corrected chi connectivity index (χ4v) is 1.56. The standard InChI is InChI=1S/C8H14N2O4/c1-5-6(7(11)12)9-3-4-10(5)8(13)14-2/h5-6,9H,3-4H2,1-2H3,(H,11,12). The van der Waals surface area contributed by atoms with Crippen LogP contribution in [0, 0.1) is 0 Å². The van der Waals surface area contributed by atoms with Crippen LogP contribution in [0.1, 0.15) is 6.92 Å². The molecule has 0 aromatic rings. The van der Waals surface area contributed by atoms with Crippen molar-refractivity contribution in [2.45, 2.75) is 19.0 Å². The van der Waals surface area contributed by atoms with Gasteiger partial charge in [-0.2, -0.15) is 0 Å². The number of methoxy groups -OCH3 is 1. The van der Waals surface area contributed by atoms with E-state index in [2.05, 4.69) is 10.1 Å². The number of carbonyl (C=O) groups excluding carboxylic acids is 1. The number of carbonyl (C=O) groups is 2. The minimum Gasteiger partial charge on any atom is -0.480 e. The summed E-state index contributed by atoms with van der Waals surface area (Å²) in [7, 11) is 1.28. The third-order valence-electron chi connectivity index (χ3n) is 2.37. The van der Waals surface area contributed by atoms with Gasteiger partial charge in [0.05, 0.1) is 13.2 Å². The van der Waals surface area contributed by atoms with E-state index in [4.69, 9.17) is 5.11 Å². The lowest BCUT2D eigenvalue weighted by Gasteiger charge is -2.36. The number of nitrogens with one attached hydrogen (secondary N) is 1. The highest BCUT2D eigenvalue weighted by Crippen LogP contribution is 2.10. The lowest BCUT2D eigenvalue weighted by Crippen LogP contribution is -2.61. The molecule has 0 aliphatic carbocycles. The Kier molecular flexibility index (Phi) is 3.29. The van der Waals surface area contributed by atoms with E-state index < -0.39 is 24.1 Å². The van der Waals surface area contributed by atoms with Crippen molar-refractivity contribution in [1.82, 2.24) is 10.2 Å². The number of hydrogen-bond acceptors (Lipinski definition) is 4. The molecule has 0 radical (unpaired) electrons. The van der Waals surface area contributed by atoms with Crippen molar-refractivity contribution < 1.29 is 19.4 Å². The first-order chi connectivity index (χ1) is 6.57. The first-order valence-electron chi connectivity index (χ1n) is 4.38. The zero-order chi connectivity index (χ0) is 10.7. The quantitative estimate of drug-likeness (QED) is 0.599. The van der Waals surface area contributed by atoms with Gasteiger partial charge in [-0.3, -0.25) is 4.79 Å². The summed E-state index contributed by atoms with van der Waals surface area (Å²) in [6, 6.07) is -1.11. The maximum absolute atomic E-state index is 11.2. The minimum atomic E-state index is -0.953. The number of amides is 1. The monoisotopic (exact) mass is 202 g/mol. The maximum atomic E-state index is 11.2. The van der Waals surface area contributed by atoms with Gasteiger partial charge in [-0.25, -0.2) is 4.79 Å². The number of carboxylic acid groups (broad SMARTS) is 1. The lowest BCUT2D eigenvalue weighted by atomic mass is 10.1. The van der Waals surface area contributed by atoms with E-state index in [-0.39, 0.29) is 0 Å². The highest BCUT2D eigenvalue weighted by Gasteiger charge is 2.35. The molecule has 6 heteroatoms. The highest BCUT2D eigenvalue weighted by molar-refractivity contribution is 5.76. The predicted octanol–water partition coefficient (Wildman–Crippen LogP) is -0.500. The van der Waals surface area contributed by atoms with Crippen LogP contribution >= 0.6 is 0 Å². The van der Waals surface area contributed by atoms with E-state index in [9.17, 15) is 9.59 Å². The molecule has 0 aromatic heterocycles. The second-order valence-electron chi connectivity index (χ2n) is 3.17. The lowest BCUT2D eigenvalue weighted by molar-refractivity contribution is -0.141. The van der Waals surface area contributed by atoms with Crippen LogP contribution in [0.15, 0.2) is 0 Å². The predicted molar refractivity (Wildman–Crippen MR) is 48.0 cm³/mol. The molecule has 2 N–H and O–H groups in total. The van der Waals surface area contributed by atoms with E-state index in [0.29, 0.717) is 13.1 Å². The van der Waals surface area contributed by atoms with Crippen LogP contribution in [-0.2, 0) is 9.53 Å². The number of hydrogen-bond donors (Lipinski definition) is 2. The molecule has 1 aliphatic heterocycles. The van der Waals surface area contributed by atoms with Gasteiger partial charge >= 0.3 is 12.1 Å². The molecule has 2 unspecified atom stereocenters. The van der Waals surface area contributed by atoms with Gasteiger partial charge < -0.3 is 20.1 Å². The Balaban J connectivity index is 2.70. The summed E-state index contributed by atoms with van der Waals surface area (Å²) in [4.78, 5) is 23.4. The van der Waals surface area contributed by atoms with Gasteiger partial charge in [-0.05, 0) is 6.92 Å². The summed E-state index contributed by atoms with van der Waals surface area (Å²) in [6.07, 6.45) is -0.481. The minimum absolute atomic E-state index is 0.395. The first kappa shape index (κ1) is 10.8. The van der Waals surface area contributed by atoms with Gasteiger partial charge in [0, 0.05) is 13.1 Å². The molecule has 1 heterocycles. The summed E-state index contributed by atoms with van der Waals surface area (Å²) in [6.45, 7) is 2.62. The van der Waals surface area contributed by atoms with Crippen molar-refractivity contribution in [2.75, 3.05) is 20.2 Å². The molecule has 1 fully saturated rings. The van der Waals surface area contributed by atoms with E-state index >= 15 is 0 Å². The molecular formula is C8H14N2O4. The molecule has 0 saturated carbocycles. The Bertz CT molecular complexity index is 243. The number of carboxylic acids is 1. The SMILES string of the molecule is COC(=O)N1CCNC(C(=O)O)C1C. The second kappa shape index (κ2) is 4.28. The number of nitrogens with zero attached hydrogens (tertiary/aromatic N) is 1. The maximum Gasteiger partial charge on any atom is 0.409 e. The van der Waals surface area contributed by atoms with Crippen molar-refractivity contribution in [3.05, 3.63) is 0 Å². The smallest absolute Gasteiger partial charge is 0.409 e. The zero-order valence-corrected chi connectivity index (χ0v) is 8.19. The Labute approximate surface area is 81.8 Å². The topological polar surface area (TPSA) is 78.9 Å². The molecule has 1 saturated heterocycles. The summed E-state index contributed by atoms with van der Waals surface area (Å²) < 4.78 is 4.55. The summed E-state index contributed by atoms with van der Waals surface area (Å²) in [5.41, 5.74) is 0. The summed E-state index contributed by atoms with van der Waals surface area (Å²) >= 11 is 0. The molecular weight excluding hydrogens is 188 g/mol. The fourth-order valence-electron chi connectivity index (χ4n) is 1.56. The average molecular weight is 202 g/mol. The van der Waals surface area contributed by atoms with E-state index in [1.54, 1.807) is 6.92 Å². The Morgan fingerprint density at radius 3 is 2.71 bits per heavy atom. The van der Waals surface area contributed by atoms with Crippen molar-refractivity contribution in [1.29, 1.82) is 0 Å². The number of aliphatic carboxylic acids is 1. The first-order valence-corrected chi connectivity index (χ1v) is 4.38. The van der Waals surface area contributed by atoms with Crippen LogP contribution < -0.4 is 5.32 Å². The molecule has 0 spiro atoms. The largest absolute Gasteiger partial charge is 0.480 e. The molecule has 1 amide bonds. The third kappa shape index (κ3) is 1.95. The number of ether oxygens (including phenoxy) is 1. The second-order valence-corrected chi connectivity index (χ2v) is 3.17. The summed E-state index contributed by atoms with van der Waals surface area (Å²) in [5, 5.41) is 11.7. The van der Waals surface area contributed by atoms with Gasteiger partial charge in [0.25, 0.3) is 0 Å². The Hall–Kier alpha value is -1.30. The van der Waals surface area contributed by atoms with Gasteiger partial charge in [0.1, 0.15) is 6.04 Å². The van der Waals surface area contributed by atoms with Crippen LogP contribution in [0.4, 0.5) is 4.79 Å². The fraction of sp³-hybridized carbons (Fsp3) is 0.750. The van der Waals surface area contributed by atoms with Crippen molar-refractivity contribution in [2.24, 2.45) is 0 Å². The van der Waals surface area contributed by atoms with Crippen LogP contribution in [0.25, 0.3) is 0 Å². The van der Waals surface area contributed by atoms with E-state index in [1.807, 2.05) is 0 Å². The molecule has 1 rings (SSSR count). The van der Waals surface area contributed by atoms with Gasteiger partial charge in [0.2, 0.25) is 0 Å². The van der Waals surface area contributed by atoms with E-state index in [1.165, 1.54) is 12.0 Å². The zero-order valence-electron chi connectivity index (χ0n) is 8.19. The highest BCUT2D eigenvalue weighted by atomic mass is 16.5. The van der Waals surface area contributed by atoms with Crippen LogP contribution in [0.5, 0.6) is 0 Å². The molecule has 2 atom stereocenters. The molecule has 6 nitrogen and oxygen atoms in total. The molecule has 80 valence electrons. The molecule has 1 aliphatic rings. The number of rotatable bonds is 1. The van der Waals surface area contributed by atoms with Crippen molar-refractivity contribution in [3.63, 3.8) is 0 Å².